The minimum Gasteiger partial charge on any atom is -0.493 e. The monoisotopic (exact) mass is 426 g/mol. The Balaban J connectivity index is 1.79. The van der Waals surface area contributed by atoms with Gasteiger partial charge < -0.3 is 14.4 Å². The molecule has 0 aliphatic rings. The van der Waals surface area contributed by atoms with Gasteiger partial charge in [0.1, 0.15) is 0 Å². The number of hydrogen-bond acceptors (Lipinski definition) is 5. The van der Waals surface area contributed by atoms with Gasteiger partial charge in [-0.25, -0.2) is 8.42 Å². The number of para-hydroxylation sites is 1. The van der Waals surface area contributed by atoms with Crippen LogP contribution in [0.1, 0.15) is 10.4 Å². The SMILES string of the molecule is COc1ccc(N(C)C(=O)c2ccc(S(=O)(=O)Nc3ccccc3)cc2)cc1OC. The zero-order chi connectivity index (χ0) is 21.7. The van der Waals surface area contributed by atoms with Crippen LogP contribution < -0.4 is 19.1 Å². The van der Waals surface area contributed by atoms with Crippen molar-refractivity contribution in [2.24, 2.45) is 0 Å². The van der Waals surface area contributed by atoms with Crippen LogP contribution in [0.5, 0.6) is 11.5 Å². The van der Waals surface area contributed by atoms with E-state index in [1.54, 1.807) is 55.6 Å². The first kappa shape index (κ1) is 21.2. The third-order valence-electron chi connectivity index (χ3n) is 4.50. The molecular weight excluding hydrogens is 404 g/mol. The van der Waals surface area contributed by atoms with Crippen molar-refractivity contribution in [2.75, 3.05) is 30.9 Å². The lowest BCUT2D eigenvalue weighted by atomic mass is 10.2. The Kier molecular flexibility index (Phi) is 6.27. The van der Waals surface area contributed by atoms with Gasteiger partial charge in [-0.2, -0.15) is 0 Å². The molecule has 0 fully saturated rings. The van der Waals surface area contributed by atoms with Crippen molar-refractivity contribution in [2.45, 2.75) is 4.90 Å². The zero-order valence-corrected chi connectivity index (χ0v) is 17.6. The van der Waals surface area contributed by atoms with Gasteiger partial charge in [0, 0.05) is 30.1 Å². The summed E-state index contributed by atoms with van der Waals surface area (Å²) in [7, 11) is 0.936. The molecule has 0 atom stereocenters. The molecule has 3 aromatic rings. The van der Waals surface area contributed by atoms with Crippen molar-refractivity contribution in [1.29, 1.82) is 0 Å². The molecule has 0 aliphatic carbocycles. The summed E-state index contributed by atoms with van der Waals surface area (Å²) >= 11 is 0. The van der Waals surface area contributed by atoms with E-state index in [9.17, 15) is 13.2 Å². The number of carbonyl (C=O) groups is 1. The summed E-state index contributed by atoms with van der Waals surface area (Å²) in [4.78, 5) is 14.4. The highest BCUT2D eigenvalue weighted by Crippen LogP contribution is 2.31. The zero-order valence-electron chi connectivity index (χ0n) is 16.8. The maximum absolute atomic E-state index is 12.8. The van der Waals surface area contributed by atoms with Gasteiger partial charge in [0.15, 0.2) is 11.5 Å². The second-order valence-electron chi connectivity index (χ2n) is 6.40. The second kappa shape index (κ2) is 8.87. The number of anilines is 2. The lowest BCUT2D eigenvalue weighted by molar-refractivity contribution is 0.0993. The van der Waals surface area contributed by atoms with Crippen molar-refractivity contribution in [3.63, 3.8) is 0 Å². The lowest BCUT2D eigenvalue weighted by Gasteiger charge is -2.19. The Bertz CT molecular complexity index is 1130. The average Bonchev–Trinajstić information content (AvgIpc) is 2.78. The van der Waals surface area contributed by atoms with Crippen molar-refractivity contribution in [3.8, 4) is 11.5 Å². The summed E-state index contributed by atoms with van der Waals surface area (Å²) in [5.41, 5.74) is 1.43. The third kappa shape index (κ3) is 4.55. The molecule has 0 radical (unpaired) electrons. The molecule has 3 rings (SSSR count). The first-order valence-electron chi connectivity index (χ1n) is 9.03. The standard InChI is InChI=1S/C22H22N2O5S/c1-24(18-11-14-20(28-2)21(15-18)29-3)22(25)16-9-12-19(13-10-16)30(26,27)23-17-7-5-4-6-8-17/h4-15,23H,1-3H3. The maximum atomic E-state index is 12.8. The first-order valence-corrected chi connectivity index (χ1v) is 10.5. The number of sulfonamides is 1. The fourth-order valence-electron chi connectivity index (χ4n) is 2.84. The van der Waals surface area contributed by atoms with E-state index in [-0.39, 0.29) is 10.8 Å². The average molecular weight is 426 g/mol. The van der Waals surface area contributed by atoms with Crippen molar-refractivity contribution in [3.05, 3.63) is 78.4 Å². The molecule has 3 aromatic carbocycles. The lowest BCUT2D eigenvalue weighted by Crippen LogP contribution is -2.26. The van der Waals surface area contributed by atoms with Gasteiger partial charge in [0.25, 0.3) is 15.9 Å². The van der Waals surface area contributed by atoms with E-state index in [1.807, 2.05) is 0 Å². The fraction of sp³-hybridized carbons (Fsp3) is 0.136. The van der Waals surface area contributed by atoms with E-state index in [1.165, 1.54) is 43.4 Å². The molecule has 0 aromatic heterocycles. The molecule has 30 heavy (non-hydrogen) atoms. The highest BCUT2D eigenvalue weighted by atomic mass is 32.2. The molecule has 0 saturated carbocycles. The number of rotatable bonds is 7. The quantitative estimate of drug-likeness (QED) is 0.621. The van der Waals surface area contributed by atoms with Gasteiger partial charge in [-0.1, -0.05) is 18.2 Å². The van der Waals surface area contributed by atoms with E-state index in [0.717, 1.165) is 0 Å². The molecule has 156 valence electrons. The summed E-state index contributed by atoms with van der Waals surface area (Å²) in [5.74, 6) is 0.771. The van der Waals surface area contributed by atoms with Crippen LogP contribution in [-0.4, -0.2) is 35.6 Å². The van der Waals surface area contributed by atoms with Crippen molar-refractivity contribution < 1.29 is 22.7 Å². The molecule has 0 unspecified atom stereocenters. The van der Waals surface area contributed by atoms with E-state index >= 15 is 0 Å². The molecular formula is C22H22N2O5S. The molecule has 1 N–H and O–H groups in total. The van der Waals surface area contributed by atoms with Crippen LogP contribution in [0.25, 0.3) is 0 Å². The van der Waals surface area contributed by atoms with Gasteiger partial charge in [-0.05, 0) is 48.5 Å². The minimum atomic E-state index is -3.75. The Morgan fingerprint density at radius 3 is 2.10 bits per heavy atom. The van der Waals surface area contributed by atoms with Crippen molar-refractivity contribution >= 4 is 27.3 Å². The Hall–Kier alpha value is -3.52. The summed E-state index contributed by atoms with van der Waals surface area (Å²) in [5, 5.41) is 0. The van der Waals surface area contributed by atoms with E-state index in [4.69, 9.17) is 9.47 Å². The molecule has 8 heteroatoms. The van der Waals surface area contributed by atoms with Crippen LogP contribution in [0, 0.1) is 0 Å². The predicted molar refractivity (Wildman–Crippen MR) is 116 cm³/mol. The molecule has 0 spiro atoms. The molecule has 7 nitrogen and oxygen atoms in total. The first-order chi connectivity index (χ1) is 14.4. The number of hydrogen-bond donors (Lipinski definition) is 1. The van der Waals surface area contributed by atoms with Gasteiger partial charge in [0.2, 0.25) is 0 Å². The van der Waals surface area contributed by atoms with Crippen LogP contribution >= 0.6 is 0 Å². The summed E-state index contributed by atoms with van der Waals surface area (Å²) in [6.45, 7) is 0. The third-order valence-corrected chi connectivity index (χ3v) is 5.89. The molecule has 0 saturated heterocycles. The van der Waals surface area contributed by atoms with E-state index in [0.29, 0.717) is 28.4 Å². The maximum Gasteiger partial charge on any atom is 0.261 e. The highest BCUT2D eigenvalue weighted by molar-refractivity contribution is 7.92. The van der Waals surface area contributed by atoms with Gasteiger partial charge >= 0.3 is 0 Å². The second-order valence-corrected chi connectivity index (χ2v) is 8.08. The number of nitrogens with zero attached hydrogens (tertiary/aromatic N) is 1. The summed E-state index contributed by atoms with van der Waals surface area (Å²) in [6.07, 6.45) is 0. The predicted octanol–water partition coefficient (Wildman–Crippen LogP) is 3.78. The van der Waals surface area contributed by atoms with Crippen molar-refractivity contribution in [1.82, 2.24) is 0 Å². The van der Waals surface area contributed by atoms with Gasteiger partial charge in [-0.15, -0.1) is 0 Å². The molecule has 0 heterocycles. The normalized spacial score (nSPS) is 10.9. The Morgan fingerprint density at radius 2 is 1.50 bits per heavy atom. The summed E-state index contributed by atoms with van der Waals surface area (Å²) in [6, 6.07) is 19.5. The van der Waals surface area contributed by atoms with Crippen LogP contribution in [0.4, 0.5) is 11.4 Å². The molecule has 0 aliphatic heterocycles. The molecule has 0 bridgehead atoms. The minimum absolute atomic E-state index is 0.0664. The smallest absolute Gasteiger partial charge is 0.261 e. The van der Waals surface area contributed by atoms with Crippen LogP contribution in [0.15, 0.2) is 77.7 Å². The van der Waals surface area contributed by atoms with Gasteiger partial charge in [-0.3, -0.25) is 9.52 Å². The number of amides is 1. The largest absolute Gasteiger partial charge is 0.493 e. The van der Waals surface area contributed by atoms with E-state index < -0.39 is 10.0 Å². The van der Waals surface area contributed by atoms with E-state index in [2.05, 4.69) is 4.72 Å². The molecule has 1 amide bonds. The fourth-order valence-corrected chi connectivity index (χ4v) is 3.90. The van der Waals surface area contributed by atoms with Crippen LogP contribution in [0.3, 0.4) is 0 Å². The van der Waals surface area contributed by atoms with Crippen LogP contribution in [0.2, 0.25) is 0 Å². The van der Waals surface area contributed by atoms with Gasteiger partial charge in [0.05, 0.1) is 19.1 Å². The Morgan fingerprint density at radius 1 is 0.867 bits per heavy atom. The highest BCUT2D eigenvalue weighted by Gasteiger charge is 2.18. The number of ether oxygens (including phenoxy) is 2. The number of benzene rings is 3. The Labute approximate surface area is 175 Å². The topological polar surface area (TPSA) is 84.9 Å². The number of nitrogens with one attached hydrogen (secondary N) is 1. The van der Waals surface area contributed by atoms with Crippen LogP contribution in [-0.2, 0) is 10.0 Å². The number of carbonyl (C=O) groups excluding carboxylic acids is 1. The summed E-state index contributed by atoms with van der Waals surface area (Å²) < 4.78 is 38.1. The number of methoxy groups -OCH3 is 2.